The Hall–Kier alpha value is -5.96. The molecule has 0 unspecified atom stereocenters. The Bertz CT molecular complexity index is 2290. The topological polar surface area (TPSA) is 95.8 Å². The number of ether oxygens (including phenoxy) is 2. The smallest absolute Gasteiger partial charge is 0.260 e. The van der Waals surface area contributed by atoms with Crippen molar-refractivity contribution in [1.82, 2.24) is 9.80 Å². The maximum Gasteiger partial charge on any atom is 0.260 e. The predicted molar refractivity (Wildman–Crippen MR) is 225 cm³/mol. The second-order valence-electron chi connectivity index (χ2n) is 15.6. The lowest BCUT2D eigenvalue weighted by Gasteiger charge is -2.19. The average molecular weight is 748 g/mol. The fourth-order valence-corrected chi connectivity index (χ4v) is 7.79. The molecule has 0 aliphatic carbocycles. The molecule has 0 fully saturated rings. The summed E-state index contributed by atoms with van der Waals surface area (Å²) in [4.78, 5) is 40.5. The van der Waals surface area contributed by atoms with Gasteiger partial charge in [-0.15, -0.1) is 0 Å². The van der Waals surface area contributed by atoms with E-state index in [9.17, 15) is 9.59 Å². The number of fused-ring (bicyclic) bond motifs is 4. The number of carbonyl (C=O) groups is 2. The van der Waals surface area contributed by atoms with E-state index >= 15 is 0 Å². The first-order valence-electron chi connectivity index (χ1n) is 19.8. The molecule has 9 heteroatoms. The third-order valence-corrected chi connectivity index (χ3v) is 10.9. The summed E-state index contributed by atoms with van der Waals surface area (Å²) in [6.45, 7) is 11.4. The van der Waals surface area contributed by atoms with Crippen molar-refractivity contribution < 1.29 is 19.1 Å². The fraction of sp³-hybridized carbons (Fsp3) is 0.319. The minimum atomic E-state index is -0.122. The fourth-order valence-electron chi connectivity index (χ4n) is 7.79. The van der Waals surface area contributed by atoms with E-state index in [1.165, 1.54) is 5.56 Å². The Morgan fingerprint density at radius 1 is 0.661 bits per heavy atom. The summed E-state index contributed by atoms with van der Waals surface area (Å²) in [7, 11) is 0. The van der Waals surface area contributed by atoms with Crippen molar-refractivity contribution in [2.24, 2.45) is 9.98 Å². The molecule has 0 radical (unpaired) electrons. The van der Waals surface area contributed by atoms with Crippen LogP contribution < -0.4 is 14.8 Å². The van der Waals surface area contributed by atoms with Crippen LogP contribution in [0.4, 0.5) is 17.1 Å². The van der Waals surface area contributed by atoms with Gasteiger partial charge in [-0.2, -0.15) is 0 Å². The highest BCUT2D eigenvalue weighted by atomic mass is 16.5. The molecule has 286 valence electrons. The number of nitrogens with zero attached hydrogens (tertiary/aromatic N) is 4. The monoisotopic (exact) mass is 747 g/mol. The van der Waals surface area contributed by atoms with Gasteiger partial charge >= 0.3 is 0 Å². The lowest BCUT2D eigenvalue weighted by Crippen LogP contribution is -2.32. The van der Waals surface area contributed by atoms with Crippen LogP contribution in [-0.4, -0.2) is 65.4 Å². The van der Waals surface area contributed by atoms with Crippen molar-refractivity contribution in [3.63, 3.8) is 0 Å². The van der Waals surface area contributed by atoms with Crippen LogP contribution in [0.1, 0.15) is 94.5 Å². The van der Waals surface area contributed by atoms with Gasteiger partial charge in [-0.1, -0.05) is 42.0 Å². The van der Waals surface area contributed by atoms with Crippen molar-refractivity contribution >= 4 is 52.5 Å². The van der Waals surface area contributed by atoms with Crippen LogP contribution in [0.15, 0.2) is 95.2 Å². The number of nitrogens with one attached hydrogen (secondary N) is 1. The highest BCUT2D eigenvalue weighted by Crippen LogP contribution is 2.39. The second-order valence-corrected chi connectivity index (χ2v) is 15.6. The standard InChI is InChI=1S/C47H49N5O4/c1-29(2)50-37-15-13-34(14-16-37)36-22-39-26-49-43-24-45(32(5)20-41(43)47(54)52(39)28-36)56-18-8-6-7-17-55-44-23-42-40(19-31(44)4)46(53)51-27-35(21-38(51)25-48-42)33-11-9-30(3)10-12-33/h9-16,19-20,23-29,38-39,50H,6-8,17-18,21-22H2,1-5H3/t38-,39-/m0/s1. The number of hydrogen-bond acceptors (Lipinski definition) is 7. The number of anilines is 1. The maximum absolute atomic E-state index is 13.7. The first kappa shape index (κ1) is 37.0. The van der Waals surface area contributed by atoms with E-state index in [0.29, 0.717) is 41.8 Å². The lowest BCUT2D eigenvalue weighted by molar-refractivity contribution is 0.0809. The number of aryl methyl sites for hydroxylation is 3. The first-order chi connectivity index (χ1) is 27.1. The van der Waals surface area contributed by atoms with E-state index in [4.69, 9.17) is 19.5 Å². The van der Waals surface area contributed by atoms with Gasteiger partial charge in [0.05, 0.1) is 47.8 Å². The minimum Gasteiger partial charge on any atom is -0.493 e. The number of unbranched alkanes of at least 4 members (excludes halogenated alkanes) is 2. The van der Waals surface area contributed by atoms with Crippen molar-refractivity contribution in [2.75, 3.05) is 18.5 Å². The normalized spacial score (nSPS) is 18.2. The van der Waals surface area contributed by atoms with Crippen molar-refractivity contribution in [3.05, 3.63) is 124 Å². The number of aliphatic imine (C=N–C) groups is 2. The number of amides is 2. The zero-order valence-corrected chi connectivity index (χ0v) is 32.8. The minimum absolute atomic E-state index is 0.0361. The molecule has 0 saturated heterocycles. The van der Waals surface area contributed by atoms with Crippen LogP contribution in [0.5, 0.6) is 11.5 Å². The van der Waals surface area contributed by atoms with E-state index in [1.54, 1.807) is 0 Å². The highest BCUT2D eigenvalue weighted by molar-refractivity contribution is 6.06. The van der Waals surface area contributed by atoms with E-state index in [2.05, 4.69) is 74.6 Å². The highest BCUT2D eigenvalue weighted by Gasteiger charge is 2.34. The van der Waals surface area contributed by atoms with Crippen LogP contribution >= 0.6 is 0 Å². The molecule has 4 aliphatic heterocycles. The number of benzene rings is 4. The number of hydrogen-bond donors (Lipinski definition) is 1. The van der Waals surface area contributed by atoms with Gasteiger partial charge in [-0.05, 0) is 112 Å². The summed E-state index contributed by atoms with van der Waals surface area (Å²) in [5.41, 5.74) is 11.1. The third kappa shape index (κ3) is 7.63. The molecule has 2 amide bonds. The summed E-state index contributed by atoms with van der Waals surface area (Å²) in [6.07, 6.45) is 11.8. The molecule has 9 nitrogen and oxygen atoms in total. The van der Waals surface area contributed by atoms with Crippen LogP contribution in [0.25, 0.3) is 11.1 Å². The molecule has 2 atom stereocenters. The number of rotatable bonds is 12. The zero-order chi connectivity index (χ0) is 38.9. The molecular weight excluding hydrogens is 699 g/mol. The molecule has 0 bridgehead atoms. The molecule has 4 aliphatic rings. The van der Waals surface area contributed by atoms with Crippen molar-refractivity contribution in [3.8, 4) is 11.5 Å². The summed E-state index contributed by atoms with van der Waals surface area (Å²) in [5, 5.41) is 3.43. The Balaban J connectivity index is 0.820. The second kappa shape index (κ2) is 15.6. The Kier molecular flexibility index (Phi) is 10.3. The summed E-state index contributed by atoms with van der Waals surface area (Å²) >= 11 is 0. The summed E-state index contributed by atoms with van der Waals surface area (Å²) < 4.78 is 12.4. The molecule has 4 aromatic rings. The Morgan fingerprint density at radius 3 is 1.59 bits per heavy atom. The number of carbonyl (C=O) groups excluding carboxylic acids is 2. The van der Waals surface area contributed by atoms with E-state index < -0.39 is 0 Å². The van der Waals surface area contributed by atoms with E-state index in [0.717, 1.165) is 82.7 Å². The SMILES string of the molecule is Cc1ccc(C2=CN3C(=O)c4cc(C)c(OCCCCCOc5cc6c(cc5C)C(=O)N5C=C(c7ccc(NC(C)C)cc7)C[C@H]5C=N6)cc4N=C[C@@H]3C2)cc1. The average Bonchev–Trinajstić information content (AvgIpc) is 3.76. The zero-order valence-electron chi connectivity index (χ0n) is 32.8. The Labute approximate surface area is 329 Å². The molecule has 0 aromatic heterocycles. The molecule has 0 spiro atoms. The molecule has 56 heavy (non-hydrogen) atoms. The van der Waals surface area contributed by atoms with Crippen LogP contribution in [-0.2, 0) is 0 Å². The van der Waals surface area contributed by atoms with Gasteiger partial charge in [0.15, 0.2) is 0 Å². The quantitative estimate of drug-likeness (QED) is 0.146. The van der Waals surface area contributed by atoms with E-state index in [-0.39, 0.29) is 23.9 Å². The molecular formula is C47H49N5O4. The lowest BCUT2D eigenvalue weighted by atomic mass is 10.0. The Morgan fingerprint density at radius 2 is 1.12 bits per heavy atom. The first-order valence-corrected chi connectivity index (χ1v) is 19.8. The van der Waals surface area contributed by atoms with Gasteiger partial charge in [-0.3, -0.25) is 19.6 Å². The van der Waals surface area contributed by atoms with Crippen molar-refractivity contribution in [1.29, 1.82) is 0 Å². The van der Waals surface area contributed by atoms with Crippen LogP contribution in [0.2, 0.25) is 0 Å². The van der Waals surface area contributed by atoms with Crippen molar-refractivity contribution in [2.45, 2.75) is 84.8 Å². The van der Waals surface area contributed by atoms with Crippen LogP contribution in [0, 0.1) is 20.8 Å². The largest absolute Gasteiger partial charge is 0.493 e. The summed E-state index contributed by atoms with van der Waals surface area (Å²) in [6, 6.07) is 24.6. The molecule has 1 N–H and O–H groups in total. The molecule has 8 rings (SSSR count). The summed E-state index contributed by atoms with van der Waals surface area (Å²) in [5.74, 6) is 1.42. The van der Waals surface area contributed by atoms with Gasteiger partial charge in [0, 0.05) is 61.5 Å². The van der Waals surface area contributed by atoms with Gasteiger partial charge in [0.25, 0.3) is 11.8 Å². The van der Waals surface area contributed by atoms with Gasteiger partial charge in [0.1, 0.15) is 11.5 Å². The maximum atomic E-state index is 13.7. The molecule has 0 saturated carbocycles. The predicted octanol–water partition coefficient (Wildman–Crippen LogP) is 10.0. The van der Waals surface area contributed by atoms with E-state index in [1.807, 2.05) is 72.7 Å². The van der Waals surface area contributed by atoms with Gasteiger partial charge in [0.2, 0.25) is 0 Å². The van der Waals surface area contributed by atoms with Gasteiger partial charge in [-0.25, -0.2) is 0 Å². The molecule has 4 aromatic carbocycles. The van der Waals surface area contributed by atoms with Gasteiger partial charge < -0.3 is 24.6 Å². The van der Waals surface area contributed by atoms with Crippen LogP contribution in [0.3, 0.4) is 0 Å². The molecule has 4 heterocycles. The third-order valence-electron chi connectivity index (χ3n) is 10.9.